The Morgan fingerprint density at radius 2 is 2.25 bits per heavy atom. The van der Waals surface area contributed by atoms with Gasteiger partial charge in [0.25, 0.3) is 0 Å². The summed E-state index contributed by atoms with van der Waals surface area (Å²) in [5, 5.41) is 3.40. The molecule has 0 bridgehead atoms. The lowest BCUT2D eigenvalue weighted by atomic mass is 9.92. The quantitative estimate of drug-likeness (QED) is 0.764. The third-order valence-corrected chi connectivity index (χ3v) is 3.45. The fraction of sp³-hybridized carbons (Fsp3) is 0.462. The van der Waals surface area contributed by atoms with Gasteiger partial charge in [0.15, 0.2) is 0 Å². The molecule has 3 heteroatoms. The highest BCUT2D eigenvalue weighted by Crippen LogP contribution is 2.28. The van der Waals surface area contributed by atoms with Crippen molar-refractivity contribution in [3.63, 3.8) is 0 Å². The Kier molecular flexibility index (Phi) is 2.31. The number of hydrogen-bond acceptors (Lipinski definition) is 3. The van der Waals surface area contributed by atoms with Crippen LogP contribution >= 0.6 is 0 Å². The molecule has 2 aliphatic rings. The Balaban J connectivity index is 1.88. The lowest BCUT2D eigenvalue weighted by molar-refractivity contribution is 0.627. The molecule has 0 saturated heterocycles. The number of para-hydroxylation sites is 1. The maximum Gasteiger partial charge on any atom is 0.102 e. The lowest BCUT2D eigenvalue weighted by Crippen LogP contribution is -2.40. The van der Waals surface area contributed by atoms with Crippen LogP contribution in [0.4, 0.5) is 5.69 Å². The van der Waals surface area contributed by atoms with Gasteiger partial charge < -0.3 is 10.2 Å². The predicted octanol–water partition coefficient (Wildman–Crippen LogP) is 1.30. The van der Waals surface area contributed by atoms with E-state index >= 15 is 0 Å². The van der Waals surface area contributed by atoms with Gasteiger partial charge in [-0.25, -0.2) is 0 Å². The van der Waals surface area contributed by atoms with Gasteiger partial charge in [-0.2, -0.15) is 0 Å². The van der Waals surface area contributed by atoms with Crippen LogP contribution in [0.5, 0.6) is 0 Å². The molecule has 1 N–H and O–H groups in total. The molecule has 0 spiro atoms. The average molecular weight is 215 g/mol. The zero-order valence-electron chi connectivity index (χ0n) is 9.61. The molecule has 0 fully saturated rings. The van der Waals surface area contributed by atoms with E-state index < -0.39 is 0 Å². The van der Waals surface area contributed by atoms with Crippen molar-refractivity contribution in [2.24, 2.45) is 10.9 Å². The van der Waals surface area contributed by atoms with Crippen molar-refractivity contribution in [1.29, 1.82) is 0 Å². The molecule has 0 radical (unpaired) electrons. The maximum atomic E-state index is 4.55. The van der Waals surface area contributed by atoms with Crippen LogP contribution in [0, 0.1) is 5.92 Å². The molecule has 0 aliphatic carbocycles. The number of anilines is 1. The van der Waals surface area contributed by atoms with Gasteiger partial charge in [-0.15, -0.1) is 0 Å². The first-order valence-corrected chi connectivity index (χ1v) is 5.92. The molecule has 1 aromatic carbocycles. The van der Waals surface area contributed by atoms with Crippen molar-refractivity contribution in [2.45, 2.75) is 6.42 Å². The zero-order chi connectivity index (χ0) is 11.0. The van der Waals surface area contributed by atoms with E-state index in [1.165, 1.54) is 17.1 Å². The molecule has 16 heavy (non-hydrogen) atoms. The van der Waals surface area contributed by atoms with Crippen molar-refractivity contribution < 1.29 is 0 Å². The van der Waals surface area contributed by atoms with Crippen molar-refractivity contribution in [3.05, 3.63) is 29.8 Å². The molecule has 0 amide bonds. The molecule has 1 unspecified atom stereocenters. The van der Waals surface area contributed by atoms with Crippen molar-refractivity contribution in [3.8, 4) is 0 Å². The normalized spacial score (nSPS) is 23.7. The van der Waals surface area contributed by atoms with Crippen LogP contribution in [0.25, 0.3) is 0 Å². The van der Waals surface area contributed by atoms with E-state index in [0.29, 0.717) is 5.92 Å². The molecular formula is C13H17N3. The summed E-state index contributed by atoms with van der Waals surface area (Å²) in [5.41, 5.74) is 2.81. The molecule has 1 aromatic rings. The first-order chi connectivity index (χ1) is 7.84. The highest BCUT2D eigenvalue weighted by atomic mass is 15.1. The van der Waals surface area contributed by atoms with Crippen LogP contribution in [-0.4, -0.2) is 32.5 Å². The number of benzene rings is 1. The summed E-state index contributed by atoms with van der Waals surface area (Å²) in [6.45, 7) is 3.03. The minimum atomic E-state index is 0.544. The van der Waals surface area contributed by atoms with E-state index in [0.717, 1.165) is 26.1 Å². The number of nitrogens with one attached hydrogen (secondary N) is 1. The average Bonchev–Trinajstić information content (AvgIpc) is 2.82. The summed E-state index contributed by atoms with van der Waals surface area (Å²) in [6, 6.07) is 8.67. The van der Waals surface area contributed by atoms with E-state index in [4.69, 9.17) is 0 Å². The third-order valence-electron chi connectivity index (χ3n) is 3.45. The van der Waals surface area contributed by atoms with Crippen LogP contribution < -0.4 is 10.2 Å². The maximum absolute atomic E-state index is 4.55. The van der Waals surface area contributed by atoms with Gasteiger partial charge in [0, 0.05) is 31.7 Å². The SMILES string of the molecule is CN1CC(C2=NCCN2)Cc2ccccc21. The Hall–Kier alpha value is -1.51. The molecule has 84 valence electrons. The molecule has 0 aromatic heterocycles. The van der Waals surface area contributed by atoms with Crippen molar-refractivity contribution in [2.75, 3.05) is 31.6 Å². The fourth-order valence-electron chi connectivity index (χ4n) is 2.69. The van der Waals surface area contributed by atoms with E-state index in [-0.39, 0.29) is 0 Å². The monoisotopic (exact) mass is 215 g/mol. The van der Waals surface area contributed by atoms with Crippen molar-refractivity contribution in [1.82, 2.24) is 5.32 Å². The van der Waals surface area contributed by atoms with E-state index in [2.05, 4.69) is 46.5 Å². The number of fused-ring (bicyclic) bond motifs is 1. The number of nitrogens with zero attached hydrogens (tertiary/aromatic N) is 2. The van der Waals surface area contributed by atoms with Crippen LogP contribution in [0.1, 0.15) is 5.56 Å². The van der Waals surface area contributed by atoms with E-state index in [9.17, 15) is 0 Å². The van der Waals surface area contributed by atoms with Gasteiger partial charge >= 0.3 is 0 Å². The van der Waals surface area contributed by atoms with E-state index in [1.807, 2.05) is 0 Å². The van der Waals surface area contributed by atoms with Gasteiger partial charge in [0.2, 0.25) is 0 Å². The topological polar surface area (TPSA) is 27.6 Å². The number of rotatable bonds is 1. The van der Waals surface area contributed by atoms with Gasteiger partial charge in [-0.05, 0) is 18.1 Å². The minimum absolute atomic E-state index is 0.544. The van der Waals surface area contributed by atoms with Crippen LogP contribution in [-0.2, 0) is 6.42 Å². The highest BCUT2D eigenvalue weighted by molar-refractivity contribution is 5.87. The molecule has 1 atom stereocenters. The van der Waals surface area contributed by atoms with Gasteiger partial charge in [0.05, 0.1) is 6.54 Å². The molecule has 2 heterocycles. The van der Waals surface area contributed by atoms with Crippen molar-refractivity contribution >= 4 is 11.5 Å². The molecule has 3 rings (SSSR count). The third kappa shape index (κ3) is 1.56. The summed E-state index contributed by atoms with van der Waals surface area (Å²) in [4.78, 5) is 6.88. The minimum Gasteiger partial charge on any atom is -0.374 e. The Bertz CT molecular complexity index is 425. The van der Waals surface area contributed by atoms with Gasteiger partial charge in [-0.3, -0.25) is 4.99 Å². The Morgan fingerprint density at radius 3 is 3.06 bits per heavy atom. The molecule has 0 saturated carbocycles. The molecule has 2 aliphatic heterocycles. The second-order valence-electron chi connectivity index (χ2n) is 4.60. The fourth-order valence-corrected chi connectivity index (χ4v) is 2.69. The van der Waals surface area contributed by atoms with Crippen LogP contribution in [0.3, 0.4) is 0 Å². The molecule has 3 nitrogen and oxygen atoms in total. The van der Waals surface area contributed by atoms with E-state index in [1.54, 1.807) is 0 Å². The first kappa shape index (κ1) is 9.70. The first-order valence-electron chi connectivity index (χ1n) is 5.92. The number of amidine groups is 1. The standard InChI is InChI=1S/C13H17N3/c1-16-9-11(13-14-6-7-15-13)8-10-4-2-3-5-12(10)16/h2-5,11H,6-9H2,1H3,(H,14,15). The second kappa shape index (κ2) is 3.81. The zero-order valence-corrected chi connectivity index (χ0v) is 9.61. The van der Waals surface area contributed by atoms with Gasteiger partial charge in [-0.1, -0.05) is 18.2 Å². The Labute approximate surface area is 96.2 Å². The summed E-state index contributed by atoms with van der Waals surface area (Å²) in [7, 11) is 2.17. The number of hydrogen-bond donors (Lipinski definition) is 1. The summed E-state index contributed by atoms with van der Waals surface area (Å²) in [6.07, 6.45) is 1.12. The highest BCUT2D eigenvalue weighted by Gasteiger charge is 2.26. The molecular weight excluding hydrogens is 198 g/mol. The largest absolute Gasteiger partial charge is 0.374 e. The smallest absolute Gasteiger partial charge is 0.102 e. The van der Waals surface area contributed by atoms with Crippen LogP contribution in [0.2, 0.25) is 0 Å². The second-order valence-corrected chi connectivity index (χ2v) is 4.60. The summed E-state index contributed by atoms with van der Waals surface area (Å²) in [5.74, 6) is 1.75. The van der Waals surface area contributed by atoms with Crippen LogP contribution in [0.15, 0.2) is 29.3 Å². The lowest BCUT2D eigenvalue weighted by Gasteiger charge is -2.33. The Morgan fingerprint density at radius 1 is 1.38 bits per heavy atom. The predicted molar refractivity (Wildman–Crippen MR) is 67.2 cm³/mol. The summed E-state index contributed by atoms with van der Waals surface area (Å²) < 4.78 is 0. The number of aliphatic imine (C=N–C) groups is 1. The van der Waals surface area contributed by atoms with Gasteiger partial charge in [0.1, 0.15) is 5.84 Å². The summed E-state index contributed by atoms with van der Waals surface area (Å²) >= 11 is 0.